The summed E-state index contributed by atoms with van der Waals surface area (Å²) in [5.74, 6) is 0.308. The normalized spacial score (nSPS) is 11.7. The second-order valence-electron chi connectivity index (χ2n) is 8.09. The summed E-state index contributed by atoms with van der Waals surface area (Å²) in [5.41, 5.74) is 1.38. The Morgan fingerprint density at radius 3 is 2.12 bits per heavy atom. The third-order valence-corrected chi connectivity index (χ3v) is 7.72. The summed E-state index contributed by atoms with van der Waals surface area (Å²) in [4.78, 5) is 0.181. The molecule has 0 fully saturated rings. The van der Waals surface area contributed by atoms with Crippen molar-refractivity contribution in [1.82, 2.24) is 0 Å². The van der Waals surface area contributed by atoms with Crippen LogP contribution in [-0.2, 0) is 15.6 Å². The Morgan fingerprint density at radius 1 is 0.765 bits per heavy atom. The molecule has 0 aromatic heterocycles. The minimum absolute atomic E-state index is 0.00662. The minimum Gasteiger partial charge on any atom is -0.507 e. The van der Waals surface area contributed by atoms with E-state index in [0.717, 1.165) is 10.8 Å². The van der Waals surface area contributed by atoms with Crippen LogP contribution in [0.2, 0.25) is 0 Å². The van der Waals surface area contributed by atoms with Crippen molar-refractivity contribution in [3.05, 3.63) is 96.6 Å². The monoisotopic (exact) mass is 470 g/mol. The van der Waals surface area contributed by atoms with Crippen LogP contribution >= 0.6 is 0 Å². The SMILES string of the molecule is COc1ccc(S(=O)(=O)Cc2cc(-c3c(O)ccc4ccccc34)c(O)c3ccccc23)cc1. The molecule has 6 heteroatoms. The molecule has 34 heavy (non-hydrogen) atoms. The van der Waals surface area contributed by atoms with E-state index in [1.807, 2.05) is 24.3 Å². The smallest absolute Gasteiger partial charge is 0.182 e. The number of sulfone groups is 1. The topological polar surface area (TPSA) is 83.8 Å². The van der Waals surface area contributed by atoms with E-state index >= 15 is 0 Å². The highest BCUT2D eigenvalue weighted by atomic mass is 32.2. The fourth-order valence-electron chi connectivity index (χ4n) is 4.36. The molecule has 0 heterocycles. The number of phenolic OH excluding ortho intramolecular Hbond substituents is 2. The van der Waals surface area contributed by atoms with Crippen LogP contribution in [0.5, 0.6) is 17.2 Å². The quantitative estimate of drug-likeness (QED) is 0.326. The van der Waals surface area contributed by atoms with Crippen LogP contribution in [0, 0.1) is 0 Å². The summed E-state index contributed by atoms with van der Waals surface area (Å²) in [5, 5.41) is 24.8. The van der Waals surface area contributed by atoms with Gasteiger partial charge in [-0.05, 0) is 58.1 Å². The molecule has 0 unspecified atom stereocenters. The molecule has 2 N–H and O–H groups in total. The standard InChI is InChI=1S/C28H22O5S/c1-33-20-11-13-21(14-12-20)34(31,32)17-19-16-25(28(30)24-9-5-4-7-22(19)24)27-23-8-3-2-6-18(23)10-15-26(27)29/h2-16,29-30H,17H2,1H3. The highest BCUT2D eigenvalue weighted by Crippen LogP contribution is 2.45. The average molecular weight is 471 g/mol. The summed E-state index contributed by atoms with van der Waals surface area (Å²) < 4.78 is 31.7. The first-order valence-corrected chi connectivity index (χ1v) is 12.4. The maximum atomic E-state index is 13.3. The van der Waals surface area contributed by atoms with E-state index in [1.165, 1.54) is 19.2 Å². The van der Waals surface area contributed by atoms with Crippen LogP contribution in [0.3, 0.4) is 0 Å². The predicted octanol–water partition coefficient (Wildman–Crippen LogP) is 6.05. The minimum atomic E-state index is -3.69. The maximum absolute atomic E-state index is 13.3. The van der Waals surface area contributed by atoms with Crippen LogP contribution in [0.15, 0.2) is 95.9 Å². The first-order valence-electron chi connectivity index (χ1n) is 10.7. The van der Waals surface area contributed by atoms with Gasteiger partial charge in [0.15, 0.2) is 9.84 Å². The largest absolute Gasteiger partial charge is 0.507 e. The van der Waals surface area contributed by atoms with E-state index in [1.54, 1.807) is 54.6 Å². The van der Waals surface area contributed by atoms with Gasteiger partial charge in [-0.15, -0.1) is 0 Å². The number of hydrogen-bond acceptors (Lipinski definition) is 5. The van der Waals surface area contributed by atoms with Crippen molar-refractivity contribution in [2.45, 2.75) is 10.6 Å². The zero-order valence-electron chi connectivity index (χ0n) is 18.4. The number of benzene rings is 5. The highest BCUT2D eigenvalue weighted by Gasteiger charge is 2.22. The van der Waals surface area contributed by atoms with Crippen LogP contribution in [0.1, 0.15) is 5.56 Å². The van der Waals surface area contributed by atoms with Gasteiger partial charge in [0.2, 0.25) is 0 Å². The van der Waals surface area contributed by atoms with Crippen molar-refractivity contribution < 1.29 is 23.4 Å². The number of methoxy groups -OCH3 is 1. The molecule has 0 amide bonds. The first kappa shape index (κ1) is 21.8. The molecule has 5 aromatic carbocycles. The van der Waals surface area contributed by atoms with Gasteiger partial charge in [-0.25, -0.2) is 8.42 Å². The lowest BCUT2D eigenvalue weighted by Gasteiger charge is -2.16. The van der Waals surface area contributed by atoms with Gasteiger partial charge in [-0.1, -0.05) is 54.6 Å². The van der Waals surface area contributed by atoms with Crippen molar-refractivity contribution in [2.24, 2.45) is 0 Å². The number of rotatable bonds is 5. The lowest BCUT2D eigenvalue weighted by molar-refractivity contribution is 0.414. The zero-order chi connectivity index (χ0) is 23.9. The molecule has 170 valence electrons. The molecule has 5 rings (SSSR count). The lowest BCUT2D eigenvalue weighted by atomic mass is 9.92. The van der Waals surface area contributed by atoms with Gasteiger partial charge in [-0.2, -0.15) is 0 Å². The maximum Gasteiger partial charge on any atom is 0.182 e. The summed E-state index contributed by atoms with van der Waals surface area (Å²) >= 11 is 0. The summed E-state index contributed by atoms with van der Waals surface area (Å²) in [6.07, 6.45) is 0. The second-order valence-corrected chi connectivity index (χ2v) is 10.1. The molecular weight excluding hydrogens is 448 g/mol. The van der Waals surface area contributed by atoms with Crippen LogP contribution in [-0.4, -0.2) is 25.7 Å². The van der Waals surface area contributed by atoms with Gasteiger partial charge < -0.3 is 14.9 Å². The Kier molecular flexibility index (Phi) is 5.38. The summed E-state index contributed by atoms with van der Waals surface area (Å²) in [7, 11) is -2.17. The number of ether oxygens (including phenoxy) is 1. The second kappa shape index (κ2) is 8.39. The van der Waals surface area contributed by atoms with Crippen LogP contribution < -0.4 is 4.74 Å². The zero-order valence-corrected chi connectivity index (χ0v) is 19.2. The highest BCUT2D eigenvalue weighted by molar-refractivity contribution is 7.90. The molecule has 0 saturated heterocycles. The van der Waals surface area contributed by atoms with Crippen molar-refractivity contribution in [1.29, 1.82) is 0 Å². The molecule has 0 saturated carbocycles. The van der Waals surface area contributed by atoms with Crippen molar-refractivity contribution in [3.63, 3.8) is 0 Å². The van der Waals surface area contributed by atoms with Gasteiger partial charge in [0.25, 0.3) is 0 Å². The number of aromatic hydroxyl groups is 2. The fourth-order valence-corrected chi connectivity index (χ4v) is 5.72. The third kappa shape index (κ3) is 3.72. The molecular formula is C28H22O5S. The third-order valence-electron chi connectivity index (χ3n) is 6.04. The molecule has 0 radical (unpaired) electrons. The van der Waals surface area contributed by atoms with E-state index in [9.17, 15) is 18.6 Å². The average Bonchev–Trinajstić information content (AvgIpc) is 2.86. The molecule has 5 aromatic rings. The molecule has 0 aliphatic carbocycles. The molecule has 0 spiro atoms. The Bertz CT molecular complexity index is 1640. The van der Waals surface area contributed by atoms with E-state index in [4.69, 9.17) is 4.74 Å². The molecule has 0 aliphatic rings. The Labute approximate surface area is 197 Å². The number of phenols is 2. The van der Waals surface area contributed by atoms with Gasteiger partial charge >= 0.3 is 0 Å². The van der Waals surface area contributed by atoms with Crippen LogP contribution in [0.25, 0.3) is 32.7 Å². The van der Waals surface area contributed by atoms with Gasteiger partial charge in [-0.3, -0.25) is 0 Å². The molecule has 0 atom stereocenters. The van der Waals surface area contributed by atoms with E-state index in [-0.39, 0.29) is 22.1 Å². The van der Waals surface area contributed by atoms with Crippen molar-refractivity contribution in [2.75, 3.05) is 7.11 Å². The Morgan fingerprint density at radius 2 is 1.41 bits per heavy atom. The number of fused-ring (bicyclic) bond motifs is 2. The van der Waals surface area contributed by atoms with E-state index in [0.29, 0.717) is 33.2 Å². The van der Waals surface area contributed by atoms with Gasteiger partial charge in [0.05, 0.1) is 17.8 Å². The Hall–Kier alpha value is -4.03. The van der Waals surface area contributed by atoms with E-state index in [2.05, 4.69) is 0 Å². The summed E-state index contributed by atoms with van der Waals surface area (Å²) in [6.45, 7) is 0. The predicted molar refractivity (Wildman–Crippen MR) is 134 cm³/mol. The lowest BCUT2D eigenvalue weighted by Crippen LogP contribution is -2.06. The van der Waals surface area contributed by atoms with Gasteiger partial charge in [0.1, 0.15) is 17.2 Å². The fraction of sp³-hybridized carbons (Fsp3) is 0.0714. The van der Waals surface area contributed by atoms with Crippen LogP contribution in [0.4, 0.5) is 0 Å². The van der Waals surface area contributed by atoms with E-state index < -0.39 is 9.84 Å². The molecule has 0 aliphatic heterocycles. The first-order chi connectivity index (χ1) is 16.4. The number of hydrogen-bond donors (Lipinski definition) is 2. The summed E-state index contributed by atoms with van der Waals surface area (Å²) in [6, 6.07) is 26.0. The van der Waals surface area contributed by atoms with Crippen molar-refractivity contribution >= 4 is 31.4 Å². The Balaban J connectivity index is 1.73. The van der Waals surface area contributed by atoms with Gasteiger partial charge in [0, 0.05) is 16.5 Å². The van der Waals surface area contributed by atoms with Crippen molar-refractivity contribution in [3.8, 4) is 28.4 Å². The molecule has 0 bridgehead atoms. The molecule has 5 nitrogen and oxygen atoms in total.